The van der Waals surface area contributed by atoms with Gasteiger partial charge in [-0.1, -0.05) is 23.5 Å². The maximum Gasteiger partial charge on any atom is 0.291 e. The number of benzene rings is 2. The van der Waals surface area contributed by atoms with Gasteiger partial charge < -0.3 is 19.1 Å². The molecule has 0 saturated heterocycles. The second kappa shape index (κ2) is 9.50. The van der Waals surface area contributed by atoms with Gasteiger partial charge in [-0.05, 0) is 49.8 Å². The number of hydrogen-bond donors (Lipinski definition) is 0. The summed E-state index contributed by atoms with van der Waals surface area (Å²) in [5, 5.41) is 4.44. The zero-order valence-electron chi connectivity index (χ0n) is 19.3. The maximum absolute atomic E-state index is 13.0. The summed E-state index contributed by atoms with van der Waals surface area (Å²) in [5.74, 6) is 1.88. The minimum atomic E-state index is -0.200. The van der Waals surface area contributed by atoms with Crippen molar-refractivity contribution in [3.05, 3.63) is 56.8 Å². The molecule has 0 aliphatic carbocycles. The van der Waals surface area contributed by atoms with Crippen molar-refractivity contribution in [1.29, 1.82) is 0 Å². The fourth-order valence-corrected chi connectivity index (χ4v) is 4.60. The molecule has 172 valence electrons. The van der Waals surface area contributed by atoms with E-state index in [1.807, 2.05) is 18.2 Å². The monoisotopic (exact) mass is 466 g/mol. The number of ether oxygens (including phenoxy) is 3. The van der Waals surface area contributed by atoms with Gasteiger partial charge in [0, 0.05) is 24.3 Å². The molecule has 8 nitrogen and oxygen atoms in total. The Bertz CT molecular complexity index is 1350. The van der Waals surface area contributed by atoms with Gasteiger partial charge in [-0.2, -0.15) is 9.50 Å². The summed E-state index contributed by atoms with van der Waals surface area (Å²) in [6, 6.07) is 11.7. The summed E-state index contributed by atoms with van der Waals surface area (Å²) in [7, 11) is 4.64. The van der Waals surface area contributed by atoms with Crippen molar-refractivity contribution in [2.75, 3.05) is 39.3 Å². The number of fused-ring (bicyclic) bond motifs is 1. The first kappa shape index (κ1) is 22.6. The number of aromatic nitrogens is 3. The van der Waals surface area contributed by atoms with Crippen LogP contribution < -0.4 is 29.2 Å². The van der Waals surface area contributed by atoms with Crippen molar-refractivity contribution in [1.82, 2.24) is 14.6 Å². The lowest BCUT2D eigenvalue weighted by atomic mass is 10.1. The highest BCUT2D eigenvalue weighted by atomic mass is 32.1. The van der Waals surface area contributed by atoms with Crippen LogP contribution in [-0.2, 0) is 0 Å². The van der Waals surface area contributed by atoms with Crippen LogP contribution >= 0.6 is 11.3 Å². The van der Waals surface area contributed by atoms with E-state index in [9.17, 15) is 4.79 Å². The molecule has 0 aliphatic rings. The first-order chi connectivity index (χ1) is 16.0. The van der Waals surface area contributed by atoms with Crippen molar-refractivity contribution in [2.24, 2.45) is 0 Å². The van der Waals surface area contributed by atoms with E-state index in [0.717, 1.165) is 24.3 Å². The quantitative estimate of drug-likeness (QED) is 0.394. The van der Waals surface area contributed by atoms with Crippen LogP contribution in [0, 0.1) is 0 Å². The lowest BCUT2D eigenvalue weighted by Gasteiger charge is -2.20. The number of hydrogen-bond acceptors (Lipinski definition) is 8. The Morgan fingerprint density at radius 3 is 2.15 bits per heavy atom. The average Bonchev–Trinajstić information content (AvgIpc) is 3.39. The fraction of sp³-hybridized carbons (Fsp3) is 0.292. The van der Waals surface area contributed by atoms with Crippen LogP contribution in [0.3, 0.4) is 0 Å². The highest BCUT2D eigenvalue weighted by Gasteiger charge is 2.18. The van der Waals surface area contributed by atoms with E-state index in [4.69, 9.17) is 14.2 Å². The van der Waals surface area contributed by atoms with E-state index < -0.39 is 0 Å². The number of anilines is 1. The molecule has 0 saturated carbocycles. The largest absolute Gasteiger partial charge is 0.493 e. The summed E-state index contributed by atoms with van der Waals surface area (Å²) < 4.78 is 18.1. The first-order valence-electron chi connectivity index (χ1n) is 10.6. The number of thiazole rings is 1. The van der Waals surface area contributed by atoms with Gasteiger partial charge in [0.15, 0.2) is 17.3 Å². The number of rotatable bonds is 8. The van der Waals surface area contributed by atoms with Crippen molar-refractivity contribution >= 4 is 28.1 Å². The van der Waals surface area contributed by atoms with Crippen molar-refractivity contribution < 1.29 is 14.2 Å². The van der Waals surface area contributed by atoms with Crippen LogP contribution in [0.2, 0.25) is 0 Å². The molecule has 0 N–H and O–H groups in total. The molecular formula is C24H26N4O4S. The Balaban J connectivity index is 1.71. The van der Waals surface area contributed by atoms with E-state index >= 15 is 0 Å². The van der Waals surface area contributed by atoms with E-state index in [1.54, 1.807) is 33.5 Å². The van der Waals surface area contributed by atoms with Crippen molar-refractivity contribution in [3.8, 4) is 28.6 Å². The van der Waals surface area contributed by atoms with Gasteiger partial charge in [0.1, 0.15) is 0 Å². The lowest BCUT2D eigenvalue weighted by Crippen LogP contribution is -2.23. The van der Waals surface area contributed by atoms with E-state index in [0.29, 0.717) is 38.1 Å². The SMILES string of the molecule is CCN(CC)c1ccc(/C=c2/sc3nc(-c4cc(OC)c(OC)c(OC)c4)nn3c2=O)cc1. The van der Waals surface area contributed by atoms with Gasteiger partial charge in [-0.15, -0.1) is 5.10 Å². The summed E-state index contributed by atoms with van der Waals surface area (Å²) in [4.78, 5) is 20.3. The Labute approximate surface area is 195 Å². The van der Waals surface area contributed by atoms with Crippen LogP contribution in [0.1, 0.15) is 19.4 Å². The van der Waals surface area contributed by atoms with Crippen LogP contribution in [-0.4, -0.2) is 49.0 Å². The number of methoxy groups -OCH3 is 3. The first-order valence-corrected chi connectivity index (χ1v) is 11.4. The normalized spacial score (nSPS) is 11.7. The molecule has 0 aliphatic heterocycles. The zero-order valence-corrected chi connectivity index (χ0v) is 20.1. The van der Waals surface area contributed by atoms with Gasteiger partial charge in [0.2, 0.25) is 10.7 Å². The highest BCUT2D eigenvalue weighted by molar-refractivity contribution is 7.15. The molecule has 2 aromatic heterocycles. The third-order valence-corrected chi connectivity index (χ3v) is 6.38. The van der Waals surface area contributed by atoms with Gasteiger partial charge in [-0.3, -0.25) is 4.79 Å². The third kappa shape index (κ3) is 4.23. The molecule has 33 heavy (non-hydrogen) atoms. The average molecular weight is 467 g/mol. The molecule has 0 unspecified atom stereocenters. The van der Waals surface area contributed by atoms with Crippen molar-refractivity contribution in [2.45, 2.75) is 13.8 Å². The van der Waals surface area contributed by atoms with Crippen LogP contribution in [0.15, 0.2) is 41.2 Å². The van der Waals surface area contributed by atoms with E-state index in [2.05, 4.69) is 41.0 Å². The molecule has 0 fully saturated rings. The predicted octanol–water partition coefficient (Wildman–Crippen LogP) is 3.24. The van der Waals surface area contributed by atoms with Crippen LogP contribution in [0.4, 0.5) is 5.69 Å². The molecular weight excluding hydrogens is 440 g/mol. The summed E-state index contributed by atoms with van der Waals surface area (Å²) in [5.41, 5.74) is 2.58. The zero-order chi connectivity index (χ0) is 23.5. The maximum atomic E-state index is 13.0. The third-order valence-electron chi connectivity index (χ3n) is 5.42. The predicted molar refractivity (Wildman–Crippen MR) is 131 cm³/mol. The summed E-state index contributed by atoms with van der Waals surface area (Å²) in [6.45, 7) is 6.17. The molecule has 9 heteroatoms. The molecule has 0 radical (unpaired) electrons. The molecule has 0 atom stereocenters. The molecule has 4 aromatic rings. The van der Waals surface area contributed by atoms with E-state index in [-0.39, 0.29) is 5.56 Å². The highest BCUT2D eigenvalue weighted by Crippen LogP contribution is 2.40. The van der Waals surface area contributed by atoms with Gasteiger partial charge in [0.25, 0.3) is 5.56 Å². The lowest BCUT2D eigenvalue weighted by molar-refractivity contribution is 0.324. The molecule has 2 heterocycles. The summed E-state index contributed by atoms with van der Waals surface area (Å²) >= 11 is 1.30. The Morgan fingerprint density at radius 2 is 1.64 bits per heavy atom. The molecule has 0 spiro atoms. The Kier molecular flexibility index (Phi) is 6.50. The second-order valence-corrected chi connectivity index (χ2v) is 8.23. The Morgan fingerprint density at radius 1 is 1.00 bits per heavy atom. The Hall–Kier alpha value is -3.59. The minimum Gasteiger partial charge on any atom is -0.493 e. The van der Waals surface area contributed by atoms with Gasteiger partial charge in [0.05, 0.1) is 25.9 Å². The topological polar surface area (TPSA) is 78.2 Å². The van der Waals surface area contributed by atoms with Crippen LogP contribution in [0.25, 0.3) is 22.4 Å². The number of nitrogens with zero attached hydrogens (tertiary/aromatic N) is 4. The molecule has 0 bridgehead atoms. The molecule has 4 rings (SSSR count). The standard InChI is InChI=1S/C24H26N4O4S/c1-6-27(7-2)17-10-8-15(9-11-17)12-20-23(29)28-24(33-20)25-22(26-28)16-13-18(30-3)21(32-5)19(14-16)31-4/h8-14H,6-7H2,1-5H3/b20-12+. The molecule has 2 aromatic carbocycles. The van der Waals surface area contributed by atoms with Crippen molar-refractivity contribution in [3.63, 3.8) is 0 Å². The smallest absolute Gasteiger partial charge is 0.291 e. The van der Waals surface area contributed by atoms with Gasteiger partial charge in [-0.25, -0.2) is 0 Å². The molecule has 0 amide bonds. The van der Waals surface area contributed by atoms with Crippen LogP contribution in [0.5, 0.6) is 17.2 Å². The second-order valence-electron chi connectivity index (χ2n) is 7.22. The van der Waals surface area contributed by atoms with Gasteiger partial charge >= 0.3 is 0 Å². The van der Waals surface area contributed by atoms with E-state index in [1.165, 1.54) is 15.9 Å². The summed E-state index contributed by atoms with van der Waals surface area (Å²) in [6.07, 6.45) is 1.87. The fourth-order valence-electron chi connectivity index (χ4n) is 3.69. The minimum absolute atomic E-state index is 0.200.